The molecule has 58 valence electrons. The number of rotatable bonds is 2. The molecule has 0 heterocycles. The first-order chi connectivity index (χ1) is 4.66. The van der Waals surface area contributed by atoms with E-state index in [1.54, 1.807) is 0 Å². The first-order valence-electron chi connectivity index (χ1n) is 2.83. The van der Waals surface area contributed by atoms with Gasteiger partial charge in [0.05, 0.1) is 6.42 Å². The number of hydrogen-bond donors (Lipinski definition) is 2. The number of amides is 1. The van der Waals surface area contributed by atoms with Gasteiger partial charge in [0.25, 0.3) is 0 Å². The fourth-order valence-electron chi connectivity index (χ4n) is 0.298. The Labute approximate surface area is 58.5 Å². The molecule has 0 spiro atoms. The van der Waals surface area contributed by atoms with Crippen LogP contribution in [0.4, 0.5) is 0 Å². The molecular formula is C5H10N2O3. The van der Waals surface area contributed by atoms with E-state index in [1.165, 1.54) is 6.92 Å². The Morgan fingerprint density at radius 3 is 2.60 bits per heavy atom. The maximum Gasteiger partial charge on any atom is 0.333 e. The zero-order valence-corrected chi connectivity index (χ0v) is 5.72. The molecule has 0 aliphatic heterocycles. The molecule has 0 radical (unpaired) electrons. The van der Waals surface area contributed by atoms with Crippen LogP contribution in [0.1, 0.15) is 13.3 Å². The van der Waals surface area contributed by atoms with E-state index in [4.69, 9.17) is 5.73 Å². The third-order valence-electron chi connectivity index (χ3n) is 0.657. The van der Waals surface area contributed by atoms with Crippen LogP contribution in [0.2, 0.25) is 0 Å². The van der Waals surface area contributed by atoms with Crippen LogP contribution in [0.5, 0.6) is 0 Å². The van der Waals surface area contributed by atoms with Crippen LogP contribution in [0, 0.1) is 0 Å². The van der Waals surface area contributed by atoms with Gasteiger partial charge in [-0.05, 0) is 0 Å². The second kappa shape index (κ2) is 4.75. The monoisotopic (exact) mass is 146 g/mol. The van der Waals surface area contributed by atoms with E-state index < -0.39 is 11.9 Å². The summed E-state index contributed by atoms with van der Waals surface area (Å²) in [4.78, 5) is 24.8. The zero-order chi connectivity index (χ0) is 7.98. The van der Waals surface area contributed by atoms with Crippen LogP contribution in [0.3, 0.4) is 0 Å². The van der Waals surface area contributed by atoms with E-state index in [-0.39, 0.29) is 13.0 Å². The highest BCUT2D eigenvalue weighted by atomic mass is 16.7. The van der Waals surface area contributed by atoms with Crippen molar-refractivity contribution in [2.75, 3.05) is 6.54 Å². The van der Waals surface area contributed by atoms with Gasteiger partial charge in [0.15, 0.2) is 0 Å². The second-order valence-corrected chi connectivity index (χ2v) is 1.67. The van der Waals surface area contributed by atoms with Gasteiger partial charge in [0.2, 0.25) is 5.91 Å². The minimum absolute atomic E-state index is 0.111. The topological polar surface area (TPSA) is 81.4 Å². The molecule has 5 nitrogen and oxygen atoms in total. The van der Waals surface area contributed by atoms with Crippen molar-refractivity contribution in [3.63, 3.8) is 0 Å². The Balaban J connectivity index is 3.30. The van der Waals surface area contributed by atoms with Gasteiger partial charge in [-0.3, -0.25) is 4.79 Å². The summed E-state index contributed by atoms with van der Waals surface area (Å²) in [5, 5.41) is 0. The lowest BCUT2D eigenvalue weighted by Gasteiger charge is -2.00. The van der Waals surface area contributed by atoms with Crippen LogP contribution in [-0.4, -0.2) is 18.4 Å². The number of carbonyl (C=O) groups excluding carboxylic acids is 2. The molecule has 0 rings (SSSR count). The molecule has 0 aliphatic carbocycles. The van der Waals surface area contributed by atoms with Crippen molar-refractivity contribution in [3.05, 3.63) is 0 Å². The molecule has 0 atom stereocenters. The molecule has 5 heteroatoms. The Hall–Kier alpha value is -1.10. The highest BCUT2D eigenvalue weighted by Crippen LogP contribution is 1.78. The van der Waals surface area contributed by atoms with E-state index in [9.17, 15) is 9.59 Å². The molecule has 3 N–H and O–H groups in total. The quantitative estimate of drug-likeness (QED) is 0.486. The van der Waals surface area contributed by atoms with Crippen molar-refractivity contribution in [3.8, 4) is 0 Å². The summed E-state index contributed by atoms with van der Waals surface area (Å²) in [5.41, 5.74) is 6.91. The summed E-state index contributed by atoms with van der Waals surface area (Å²) in [7, 11) is 0. The number of hydroxylamine groups is 1. The van der Waals surface area contributed by atoms with Crippen molar-refractivity contribution in [2.45, 2.75) is 13.3 Å². The average Bonchev–Trinajstić information content (AvgIpc) is 1.85. The maximum atomic E-state index is 10.4. The summed E-state index contributed by atoms with van der Waals surface area (Å²) < 4.78 is 0. The van der Waals surface area contributed by atoms with Gasteiger partial charge < -0.3 is 10.6 Å². The second-order valence-electron chi connectivity index (χ2n) is 1.67. The summed E-state index contributed by atoms with van der Waals surface area (Å²) >= 11 is 0. The Bertz CT molecular complexity index is 135. The molecule has 0 aromatic rings. The molecule has 0 aromatic heterocycles. The third-order valence-corrected chi connectivity index (χ3v) is 0.657. The summed E-state index contributed by atoms with van der Waals surface area (Å²) in [6.07, 6.45) is 0.111. The van der Waals surface area contributed by atoms with Crippen molar-refractivity contribution in [1.29, 1.82) is 0 Å². The standard InChI is InChI=1S/C5H10N2O3/c1-4(8)7-10-5(9)2-3-6/h2-3,6H2,1H3,(H,7,8). The number of carbonyl (C=O) groups is 2. The van der Waals surface area contributed by atoms with Gasteiger partial charge in [0, 0.05) is 13.5 Å². The van der Waals surface area contributed by atoms with Crippen LogP contribution in [0.25, 0.3) is 0 Å². The Kier molecular flexibility index (Phi) is 4.23. The molecule has 1 amide bonds. The van der Waals surface area contributed by atoms with Gasteiger partial charge in [-0.1, -0.05) is 0 Å². The molecule has 10 heavy (non-hydrogen) atoms. The lowest BCUT2D eigenvalue weighted by molar-refractivity contribution is -0.157. The van der Waals surface area contributed by atoms with E-state index in [0.29, 0.717) is 0 Å². The highest BCUT2D eigenvalue weighted by Gasteiger charge is 2.00. The van der Waals surface area contributed by atoms with Crippen molar-refractivity contribution >= 4 is 11.9 Å². The lowest BCUT2D eigenvalue weighted by Crippen LogP contribution is -2.25. The lowest BCUT2D eigenvalue weighted by atomic mass is 10.4. The highest BCUT2D eigenvalue weighted by molar-refractivity contribution is 5.75. The maximum absolute atomic E-state index is 10.4. The zero-order valence-electron chi connectivity index (χ0n) is 5.72. The minimum Gasteiger partial charge on any atom is -0.341 e. The Morgan fingerprint density at radius 2 is 2.20 bits per heavy atom. The fourth-order valence-corrected chi connectivity index (χ4v) is 0.298. The smallest absolute Gasteiger partial charge is 0.333 e. The van der Waals surface area contributed by atoms with Gasteiger partial charge in [0.1, 0.15) is 0 Å². The number of hydrogen-bond acceptors (Lipinski definition) is 4. The summed E-state index contributed by atoms with van der Waals surface area (Å²) in [6, 6.07) is 0. The van der Waals surface area contributed by atoms with E-state index in [2.05, 4.69) is 4.84 Å². The Morgan fingerprint density at radius 1 is 1.60 bits per heavy atom. The predicted octanol–water partition coefficient (Wildman–Crippen LogP) is -1.07. The molecule has 0 saturated carbocycles. The SMILES string of the molecule is CC(=O)NOC(=O)CCN. The average molecular weight is 146 g/mol. The summed E-state index contributed by atoms with van der Waals surface area (Å²) in [6.45, 7) is 1.47. The largest absolute Gasteiger partial charge is 0.341 e. The van der Waals surface area contributed by atoms with E-state index in [0.717, 1.165) is 0 Å². The minimum atomic E-state index is -0.530. The van der Waals surface area contributed by atoms with E-state index >= 15 is 0 Å². The number of nitrogens with two attached hydrogens (primary N) is 1. The molecule has 0 saturated heterocycles. The molecule has 0 aromatic carbocycles. The fraction of sp³-hybridized carbons (Fsp3) is 0.600. The molecular weight excluding hydrogens is 136 g/mol. The molecule has 0 aliphatic rings. The first kappa shape index (κ1) is 8.90. The van der Waals surface area contributed by atoms with Gasteiger partial charge in [-0.15, -0.1) is 0 Å². The van der Waals surface area contributed by atoms with Gasteiger partial charge in [-0.2, -0.15) is 5.48 Å². The van der Waals surface area contributed by atoms with E-state index in [1.807, 2.05) is 5.48 Å². The first-order valence-corrected chi connectivity index (χ1v) is 2.83. The van der Waals surface area contributed by atoms with Crippen LogP contribution in [-0.2, 0) is 14.4 Å². The van der Waals surface area contributed by atoms with Gasteiger partial charge >= 0.3 is 5.97 Å². The molecule has 0 fully saturated rings. The predicted molar refractivity (Wildman–Crippen MR) is 33.6 cm³/mol. The van der Waals surface area contributed by atoms with Crippen molar-refractivity contribution < 1.29 is 14.4 Å². The normalized spacial score (nSPS) is 8.60. The van der Waals surface area contributed by atoms with Gasteiger partial charge in [-0.25, -0.2) is 4.79 Å². The van der Waals surface area contributed by atoms with Crippen molar-refractivity contribution in [1.82, 2.24) is 5.48 Å². The molecule has 0 bridgehead atoms. The third kappa shape index (κ3) is 5.04. The number of nitrogens with one attached hydrogen (secondary N) is 1. The van der Waals surface area contributed by atoms with Crippen LogP contribution in [0.15, 0.2) is 0 Å². The van der Waals surface area contributed by atoms with Crippen molar-refractivity contribution in [2.24, 2.45) is 5.73 Å². The van der Waals surface area contributed by atoms with Crippen LogP contribution < -0.4 is 11.2 Å². The molecule has 0 unspecified atom stereocenters. The summed E-state index contributed by atoms with van der Waals surface area (Å²) in [5.74, 6) is -0.942. The van der Waals surface area contributed by atoms with Crippen LogP contribution >= 0.6 is 0 Å².